The Morgan fingerprint density at radius 3 is 2.75 bits per heavy atom. The lowest BCUT2D eigenvalue weighted by atomic mass is 10.1. The summed E-state index contributed by atoms with van der Waals surface area (Å²) >= 11 is 0. The predicted molar refractivity (Wildman–Crippen MR) is 81.1 cm³/mol. The van der Waals surface area contributed by atoms with E-state index in [0.29, 0.717) is 0 Å². The van der Waals surface area contributed by atoms with Gasteiger partial charge in [0.25, 0.3) is 0 Å². The molecule has 2 heterocycles. The van der Waals surface area contributed by atoms with Crippen LogP contribution < -0.4 is 5.32 Å². The van der Waals surface area contributed by atoms with Crippen molar-refractivity contribution in [2.45, 2.75) is 40.2 Å². The average Bonchev–Trinajstić information content (AvgIpc) is 2.47. The number of ether oxygens (including phenoxy) is 1. The van der Waals surface area contributed by atoms with E-state index in [1.807, 2.05) is 0 Å². The van der Waals surface area contributed by atoms with Gasteiger partial charge in [0.05, 0.1) is 6.61 Å². The van der Waals surface area contributed by atoms with Gasteiger partial charge in [-0.15, -0.1) is 0 Å². The van der Waals surface area contributed by atoms with E-state index in [2.05, 4.69) is 42.9 Å². The van der Waals surface area contributed by atoms with Crippen LogP contribution in [-0.2, 0) is 11.2 Å². The molecule has 0 spiro atoms. The monoisotopic (exact) mass is 278 g/mol. The fraction of sp³-hybridized carbons (Fsp3) is 0.733. The van der Waals surface area contributed by atoms with Gasteiger partial charge in [0, 0.05) is 30.9 Å². The van der Waals surface area contributed by atoms with E-state index in [1.165, 1.54) is 5.56 Å². The fourth-order valence-corrected chi connectivity index (χ4v) is 2.64. The third-order valence-electron chi connectivity index (χ3n) is 3.81. The Bertz CT molecular complexity index is 450. The first-order valence-corrected chi connectivity index (χ1v) is 7.64. The van der Waals surface area contributed by atoms with Crippen LogP contribution in [0.4, 0.5) is 5.82 Å². The van der Waals surface area contributed by atoms with Crippen molar-refractivity contribution < 1.29 is 4.74 Å². The van der Waals surface area contributed by atoms with Crippen LogP contribution in [0.15, 0.2) is 0 Å². The van der Waals surface area contributed by atoms with Gasteiger partial charge in [0.2, 0.25) is 0 Å². The minimum Gasteiger partial charge on any atom is -0.370 e. The molecule has 20 heavy (non-hydrogen) atoms. The van der Waals surface area contributed by atoms with Crippen molar-refractivity contribution in [1.29, 1.82) is 0 Å². The Morgan fingerprint density at radius 1 is 1.30 bits per heavy atom. The molecule has 1 saturated heterocycles. The zero-order valence-electron chi connectivity index (χ0n) is 13.1. The lowest BCUT2D eigenvalue weighted by Gasteiger charge is -2.31. The second-order valence-corrected chi connectivity index (χ2v) is 5.13. The molecule has 1 atom stereocenters. The number of nitrogens with zero attached hydrogens (tertiary/aromatic N) is 3. The number of morpholine rings is 1. The lowest BCUT2D eigenvalue weighted by molar-refractivity contribution is -0.0326. The van der Waals surface area contributed by atoms with E-state index in [-0.39, 0.29) is 6.10 Å². The highest BCUT2D eigenvalue weighted by Gasteiger charge is 2.24. The third kappa shape index (κ3) is 3.27. The third-order valence-corrected chi connectivity index (χ3v) is 3.81. The number of aryl methyl sites for hydroxylation is 1. The highest BCUT2D eigenvalue weighted by Crippen LogP contribution is 2.24. The van der Waals surface area contributed by atoms with Gasteiger partial charge in [0.1, 0.15) is 11.9 Å². The van der Waals surface area contributed by atoms with Crippen LogP contribution in [0.25, 0.3) is 0 Å². The first-order chi connectivity index (χ1) is 9.69. The summed E-state index contributed by atoms with van der Waals surface area (Å²) < 4.78 is 5.86. The van der Waals surface area contributed by atoms with E-state index in [0.717, 1.165) is 56.5 Å². The molecule has 1 unspecified atom stereocenters. The van der Waals surface area contributed by atoms with Gasteiger partial charge in [-0.1, -0.05) is 13.8 Å². The molecule has 0 saturated carbocycles. The van der Waals surface area contributed by atoms with Gasteiger partial charge in [0.15, 0.2) is 5.82 Å². The molecule has 1 aromatic rings. The molecule has 1 fully saturated rings. The van der Waals surface area contributed by atoms with Crippen molar-refractivity contribution in [3.63, 3.8) is 0 Å². The van der Waals surface area contributed by atoms with Crippen LogP contribution in [0.1, 0.15) is 44.0 Å². The largest absolute Gasteiger partial charge is 0.370 e. The number of nitrogens with one attached hydrogen (secondary N) is 1. The molecule has 2 rings (SSSR count). The summed E-state index contributed by atoms with van der Waals surface area (Å²) in [5.41, 5.74) is 2.27. The Labute approximate surface area is 121 Å². The minimum absolute atomic E-state index is 0.00860. The highest BCUT2D eigenvalue weighted by atomic mass is 16.5. The van der Waals surface area contributed by atoms with Crippen molar-refractivity contribution >= 4 is 5.82 Å². The molecular formula is C15H26N4O. The van der Waals surface area contributed by atoms with Gasteiger partial charge in [-0.2, -0.15) is 0 Å². The Morgan fingerprint density at radius 2 is 2.10 bits per heavy atom. The van der Waals surface area contributed by atoms with E-state index in [9.17, 15) is 0 Å². The molecule has 1 N–H and O–H groups in total. The molecule has 5 nitrogen and oxygen atoms in total. The maximum absolute atomic E-state index is 5.86. The molecule has 0 aromatic carbocycles. The summed E-state index contributed by atoms with van der Waals surface area (Å²) in [6.45, 7) is 13.0. The SMILES string of the molecule is CCNc1nc(C2CN(CC)CCO2)nc(C)c1CC. The Hall–Kier alpha value is -1.20. The van der Waals surface area contributed by atoms with Gasteiger partial charge < -0.3 is 10.1 Å². The van der Waals surface area contributed by atoms with Crippen LogP contribution >= 0.6 is 0 Å². The second kappa shape index (κ2) is 6.99. The zero-order valence-corrected chi connectivity index (χ0v) is 13.1. The van der Waals surface area contributed by atoms with E-state index in [4.69, 9.17) is 9.72 Å². The number of aromatic nitrogens is 2. The maximum Gasteiger partial charge on any atom is 0.161 e. The fourth-order valence-electron chi connectivity index (χ4n) is 2.64. The summed E-state index contributed by atoms with van der Waals surface area (Å²) in [5.74, 6) is 1.78. The maximum atomic E-state index is 5.86. The van der Waals surface area contributed by atoms with Crippen molar-refractivity contribution in [2.75, 3.05) is 38.1 Å². The predicted octanol–water partition coefficient (Wildman–Crippen LogP) is 2.17. The minimum atomic E-state index is -0.00860. The summed E-state index contributed by atoms with van der Waals surface area (Å²) in [7, 11) is 0. The smallest absolute Gasteiger partial charge is 0.161 e. The van der Waals surface area contributed by atoms with Gasteiger partial charge >= 0.3 is 0 Å². The second-order valence-electron chi connectivity index (χ2n) is 5.13. The van der Waals surface area contributed by atoms with Crippen LogP contribution in [0.3, 0.4) is 0 Å². The summed E-state index contributed by atoms with van der Waals surface area (Å²) in [6.07, 6.45) is 0.937. The molecule has 5 heteroatoms. The van der Waals surface area contributed by atoms with Crippen molar-refractivity contribution in [3.8, 4) is 0 Å². The molecule has 1 aliphatic rings. The molecule has 112 valence electrons. The lowest BCUT2D eigenvalue weighted by Crippen LogP contribution is -2.38. The highest BCUT2D eigenvalue weighted by molar-refractivity contribution is 5.46. The molecule has 1 aliphatic heterocycles. The van der Waals surface area contributed by atoms with Gasteiger partial charge in [-0.3, -0.25) is 4.90 Å². The zero-order chi connectivity index (χ0) is 14.5. The quantitative estimate of drug-likeness (QED) is 0.894. The summed E-state index contributed by atoms with van der Waals surface area (Å²) in [5, 5.41) is 3.35. The van der Waals surface area contributed by atoms with Gasteiger partial charge in [-0.05, 0) is 26.8 Å². The Kier molecular flexibility index (Phi) is 5.31. The topological polar surface area (TPSA) is 50.3 Å². The standard InChI is InChI=1S/C15H26N4O/c1-5-12-11(4)17-15(18-14(12)16-6-2)13-10-19(7-3)8-9-20-13/h13H,5-10H2,1-4H3,(H,16,17,18). The van der Waals surface area contributed by atoms with E-state index >= 15 is 0 Å². The van der Waals surface area contributed by atoms with E-state index < -0.39 is 0 Å². The van der Waals surface area contributed by atoms with E-state index in [1.54, 1.807) is 0 Å². The number of rotatable bonds is 5. The first kappa shape index (κ1) is 15.2. The molecule has 0 amide bonds. The van der Waals surface area contributed by atoms with Crippen molar-refractivity contribution in [3.05, 3.63) is 17.1 Å². The first-order valence-electron chi connectivity index (χ1n) is 7.64. The average molecular weight is 278 g/mol. The number of hydrogen-bond acceptors (Lipinski definition) is 5. The molecule has 1 aromatic heterocycles. The van der Waals surface area contributed by atoms with Crippen LogP contribution in [0, 0.1) is 6.92 Å². The molecule has 0 bridgehead atoms. The van der Waals surface area contributed by atoms with Gasteiger partial charge in [-0.25, -0.2) is 9.97 Å². The van der Waals surface area contributed by atoms with Crippen molar-refractivity contribution in [1.82, 2.24) is 14.9 Å². The van der Waals surface area contributed by atoms with Crippen LogP contribution in [-0.4, -0.2) is 47.7 Å². The molecule has 0 aliphatic carbocycles. The van der Waals surface area contributed by atoms with Crippen molar-refractivity contribution in [2.24, 2.45) is 0 Å². The summed E-state index contributed by atoms with van der Waals surface area (Å²) in [4.78, 5) is 11.8. The Balaban J connectivity index is 2.27. The van der Waals surface area contributed by atoms with Crippen LogP contribution in [0.5, 0.6) is 0 Å². The molecule has 0 radical (unpaired) electrons. The number of anilines is 1. The van der Waals surface area contributed by atoms with Crippen LogP contribution in [0.2, 0.25) is 0 Å². The number of hydrogen-bond donors (Lipinski definition) is 1. The number of likely N-dealkylation sites (N-methyl/N-ethyl adjacent to an activating group) is 1. The molecular weight excluding hydrogens is 252 g/mol. The summed E-state index contributed by atoms with van der Waals surface area (Å²) in [6, 6.07) is 0. The normalized spacial score (nSPS) is 20.1.